The van der Waals surface area contributed by atoms with Gasteiger partial charge in [-0.2, -0.15) is 14.0 Å². The Morgan fingerprint density at radius 1 is 1.24 bits per heavy atom. The highest BCUT2D eigenvalue weighted by atomic mass is 32.2. The number of nitrogens with one attached hydrogen (secondary N) is 1. The van der Waals surface area contributed by atoms with E-state index in [4.69, 9.17) is 5.14 Å². The Labute approximate surface area is 167 Å². The number of nitrogens with zero attached hydrogens (tertiary/aromatic N) is 2. The molecule has 3 rings (SSSR count). The molecule has 1 fully saturated rings. The van der Waals surface area contributed by atoms with Gasteiger partial charge in [-0.3, -0.25) is 0 Å². The van der Waals surface area contributed by atoms with Crippen molar-refractivity contribution in [3.8, 4) is 11.8 Å². The van der Waals surface area contributed by atoms with Gasteiger partial charge in [-0.25, -0.2) is 13.6 Å². The topological polar surface area (TPSA) is 108 Å². The van der Waals surface area contributed by atoms with Crippen molar-refractivity contribution in [3.63, 3.8) is 0 Å². The van der Waals surface area contributed by atoms with E-state index in [1.807, 2.05) is 6.07 Å². The predicted octanol–water partition coefficient (Wildman–Crippen LogP) is 2.89. The van der Waals surface area contributed by atoms with Gasteiger partial charge >= 0.3 is 6.61 Å². The Morgan fingerprint density at radius 3 is 2.59 bits per heavy atom. The number of hydrogen-bond donors (Lipinski definition) is 2. The maximum absolute atomic E-state index is 12.3. The Bertz CT molecular complexity index is 1010. The van der Waals surface area contributed by atoms with Crippen LogP contribution >= 0.6 is 0 Å². The highest BCUT2D eigenvalue weighted by Crippen LogP contribution is 2.26. The van der Waals surface area contributed by atoms with Crippen molar-refractivity contribution in [2.45, 2.75) is 30.4 Å². The van der Waals surface area contributed by atoms with E-state index >= 15 is 0 Å². The number of benzene rings is 2. The number of nitrogens with two attached hydrogens (primary N) is 1. The summed E-state index contributed by atoms with van der Waals surface area (Å²) in [6, 6.07) is 12.6. The lowest BCUT2D eigenvalue weighted by Gasteiger charge is -2.35. The van der Waals surface area contributed by atoms with Crippen LogP contribution in [0.1, 0.15) is 18.4 Å². The summed E-state index contributed by atoms with van der Waals surface area (Å²) in [6.07, 6.45) is 1.76. The minimum atomic E-state index is -3.89. The molecule has 1 aliphatic rings. The summed E-state index contributed by atoms with van der Waals surface area (Å²) in [4.78, 5) is 1.99. The van der Waals surface area contributed by atoms with Crippen molar-refractivity contribution < 1.29 is 21.9 Å². The van der Waals surface area contributed by atoms with Gasteiger partial charge in [0.25, 0.3) is 0 Å². The fourth-order valence-corrected chi connectivity index (χ4v) is 3.85. The fourth-order valence-electron chi connectivity index (χ4n) is 3.31. The van der Waals surface area contributed by atoms with E-state index in [1.54, 1.807) is 12.1 Å². The molecule has 0 aromatic heterocycles. The molecule has 0 bridgehead atoms. The van der Waals surface area contributed by atoms with Gasteiger partial charge in [0.2, 0.25) is 10.0 Å². The normalized spacial score (nSPS) is 17.1. The third kappa shape index (κ3) is 5.34. The van der Waals surface area contributed by atoms with Gasteiger partial charge in [-0.05, 0) is 55.3 Å². The van der Waals surface area contributed by atoms with Gasteiger partial charge in [0, 0.05) is 24.8 Å². The van der Waals surface area contributed by atoms with Crippen LogP contribution < -0.4 is 20.1 Å². The third-order valence-electron chi connectivity index (χ3n) is 4.65. The lowest BCUT2D eigenvalue weighted by atomic mass is 10.0. The van der Waals surface area contributed by atoms with Crippen LogP contribution in [0.25, 0.3) is 0 Å². The van der Waals surface area contributed by atoms with Gasteiger partial charge in [0.1, 0.15) is 11.8 Å². The van der Waals surface area contributed by atoms with Crippen LogP contribution in [-0.2, 0) is 10.0 Å². The summed E-state index contributed by atoms with van der Waals surface area (Å²) in [5, 5.41) is 17.8. The fraction of sp³-hybridized carbons (Fsp3) is 0.316. The summed E-state index contributed by atoms with van der Waals surface area (Å²) in [5.74, 6) is 0.101. The molecular weight excluding hydrogens is 402 g/mol. The van der Waals surface area contributed by atoms with Crippen molar-refractivity contribution in [2.24, 2.45) is 5.14 Å². The predicted molar refractivity (Wildman–Crippen MR) is 104 cm³/mol. The molecule has 10 heteroatoms. The SMILES string of the molecule is N#Cc1cc(S(N)(=O)=O)ccc1NC1CCCN(c2ccc(OC(F)F)cc2)C1. The van der Waals surface area contributed by atoms with Crippen LogP contribution in [0.2, 0.25) is 0 Å². The first kappa shape index (κ1) is 20.8. The summed E-state index contributed by atoms with van der Waals surface area (Å²) < 4.78 is 51.9. The molecule has 3 N–H and O–H groups in total. The molecule has 0 spiro atoms. The molecule has 1 aliphatic heterocycles. The highest BCUT2D eigenvalue weighted by Gasteiger charge is 2.22. The standard InChI is InChI=1S/C19H20F2N4O3S/c20-19(21)28-16-5-3-15(4-6-16)25-9-1-2-14(12-25)24-18-8-7-17(29(23,26)27)10-13(18)11-22/h3-8,10,14,19,24H,1-2,9,12H2,(H2,23,26,27). The smallest absolute Gasteiger partial charge is 0.387 e. The van der Waals surface area contributed by atoms with Crippen LogP contribution in [-0.4, -0.2) is 34.2 Å². The molecule has 0 saturated carbocycles. The zero-order valence-corrected chi connectivity index (χ0v) is 16.2. The third-order valence-corrected chi connectivity index (χ3v) is 5.56. The maximum atomic E-state index is 12.3. The number of primary sulfonamides is 1. The first-order valence-corrected chi connectivity index (χ1v) is 10.4. The van der Waals surface area contributed by atoms with E-state index in [0.717, 1.165) is 25.1 Å². The Balaban J connectivity index is 1.71. The first-order chi connectivity index (χ1) is 13.8. The van der Waals surface area contributed by atoms with Crippen LogP contribution in [0, 0.1) is 11.3 Å². The minimum Gasteiger partial charge on any atom is -0.435 e. The van der Waals surface area contributed by atoms with Gasteiger partial charge in [0.05, 0.1) is 16.1 Å². The molecule has 1 saturated heterocycles. The van der Waals surface area contributed by atoms with Gasteiger partial charge in [-0.1, -0.05) is 0 Å². The van der Waals surface area contributed by atoms with Crippen molar-refractivity contribution in [1.82, 2.24) is 0 Å². The van der Waals surface area contributed by atoms with Crippen molar-refractivity contribution in [3.05, 3.63) is 48.0 Å². The van der Waals surface area contributed by atoms with Crippen LogP contribution in [0.5, 0.6) is 5.75 Å². The number of anilines is 2. The molecule has 1 atom stereocenters. The molecule has 0 radical (unpaired) electrons. The van der Waals surface area contributed by atoms with E-state index in [9.17, 15) is 22.5 Å². The molecule has 2 aromatic rings. The van der Waals surface area contributed by atoms with Crippen molar-refractivity contribution in [1.29, 1.82) is 5.26 Å². The summed E-state index contributed by atoms with van der Waals surface area (Å²) in [6.45, 7) is -1.42. The molecule has 0 amide bonds. The largest absolute Gasteiger partial charge is 0.435 e. The Kier molecular flexibility index (Phi) is 6.20. The molecular formula is C19H20F2N4O3S. The summed E-state index contributed by atoms with van der Waals surface area (Å²) >= 11 is 0. The summed E-state index contributed by atoms with van der Waals surface area (Å²) in [5.41, 5.74) is 1.61. The molecule has 2 aromatic carbocycles. The zero-order valence-electron chi connectivity index (χ0n) is 15.4. The molecule has 1 unspecified atom stereocenters. The van der Waals surface area contributed by atoms with Crippen molar-refractivity contribution in [2.75, 3.05) is 23.3 Å². The molecule has 29 heavy (non-hydrogen) atoms. The molecule has 7 nitrogen and oxygen atoms in total. The molecule has 154 valence electrons. The highest BCUT2D eigenvalue weighted by molar-refractivity contribution is 7.89. The second kappa shape index (κ2) is 8.63. The second-order valence-electron chi connectivity index (χ2n) is 6.67. The van der Waals surface area contributed by atoms with Gasteiger partial charge < -0.3 is 15.0 Å². The molecule has 1 heterocycles. The number of hydrogen-bond acceptors (Lipinski definition) is 6. The Hall–Kier alpha value is -2.90. The quantitative estimate of drug-likeness (QED) is 0.741. The van der Waals surface area contributed by atoms with Crippen molar-refractivity contribution >= 4 is 21.4 Å². The van der Waals surface area contributed by atoms with E-state index in [-0.39, 0.29) is 22.3 Å². The minimum absolute atomic E-state index is 0.0215. The Morgan fingerprint density at radius 2 is 1.97 bits per heavy atom. The van der Waals surface area contributed by atoms with Crippen LogP contribution in [0.4, 0.5) is 20.2 Å². The lowest BCUT2D eigenvalue weighted by Crippen LogP contribution is -2.42. The number of rotatable bonds is 6. The van der Waals surface area contributed by atoms with E-state index < -0.39 is 16.6 Å². The monoisotopic (exact) mass is 422 g/mol. The number of nitriles is 1. The maximum Gasteiger partial charge on any atom is 0.387 e. The van der Waals surface area contributed by atoms with Crippen LogP contribution in [0.3, 0.4) is 0 Å². The van der Waals surface area contributed by atoms with Gasteiger partial charge in [0.15, 0.2) is 0 Å². The lowest BCUT2D eigenvalue weighted by molar-refractivity contribution is -0.0498. The number of piperidine rings is 1. The van der Waals surface area contributed by atoms with E-state index in [2.05, 4.69) is 15.0 Å². The average molecular weight is 422 g/mol. The van der Waals surface area contributed by atoms with Crippen LogP contribution in [0.15, 0.2) is 47.4 Å². The number of sulfonamides is 1. The number of alkyl halides is 2. The first-order valence-electron chi connectivity index (χ1n) is 8.89. The number of halogens is 2. The van der Waals surface area contributed by atoms with Gasteiger partial charge in [-0.15, -0.1) is 0 Å². The zero-order chi connectivity index (χ0) is 21.0. The van der Waals surface area contributed by atoms with E-state index in [0.29, 0.717) is 12.2 Å². The van der Waals surface area contributed by atoms with E-state index in [1.165, 1.54) is 30.3 Å². The molecule has 0 aliphatic carbocycles. The second-order valence-corrected chi connectivity index (χ2v) is 8.23. The average Bonchev–Trinajstić information content (AvgIpc) is 2.68. The summed E-state index contributed by atoms with van der Waals surface area (Å²) in [7, 11) is -3.89. The number of ether oxygens (including phenoxy) is 1.